The first-order chi connectivity index (χ1) is 58.2. The second-order valence-corrected chi connectivity index (χ2v) is 31.9. The van der Waals surface area contributed by atoms with Gasteiger partial charge >= 0.3 is 108 Å². The standard InChI is InChI=1S/C30H31N2O2S.C24H27N2O2S.C18H23N2O2S.C12H19N2O2S.4C2H6.4CH3.4ClH.4Ru/c1-24-19-21-28(22-20-24)35(33,34)32-30(27-17-9-4-10-18-27)29(26-15-7-3-8-16-26)31-23-11-14-25-12-5-2-6-13-25;1-29(27,28)26-24(22-17-9-4-10-18-22)23(21-15-7-3-8-16-21)25-19-11-14-20-12-5-2-6-13-20;1-16-9-11-18(12-10-16)23(21,22)20-15-14-19-13-5-8-17-6-3-2-4-7-17;1-17(15,16)14-11-10-13-9-5-8-12-6-3-2-4-7-12;4*1-2;;;;;;;;;;;;/h2-10,12-13,15-22,29-31H,11,14,23H2,1H3;2-10,12-13,15-18,23-25H,11,14,19H2,1H3;2-4,6-7,9-12,19H,5,8,13-15H2,1H3;2-4,6-7,13H,5,8-11H2,1H3;4*1-2H3;4*1H3;4*1H;;;;/q4*-1;;;;;4*-1;;;;;4*+4/p-4. The Hall–Kier alpha value is -4.67. The van der Waals surface area contributed by atoms with E-state index in [0.29, 0.717) is 19.6 Å². The van der Waals surface area contributed by atoms with E-state index in [4.69, 9.17) is 0 Å². The van der Waals surface area contributed by atoms with Crippen molar-refractivity contribution in [1.29, 1.82) is 0 Å². The number of rotatable bonds is 38. The minimum absolute atomic E-state index is 0. The summed E-state index contributed by atoms with van der Waals surface area (Å²) < 4.78 is 112. The molecule has 10 aromatic carbocycles. The van der Waals surface area contributed by atoms with Gasteiger partial charge in [0.25, 0.3) is 0 Å². The Balaban J connectivity index is -0.000000359. The van der Waals surface area contributed by atoms with Crippen molar-refractivity contribution >= 4 is 78.9 Å². The van der Waals surface area contributed by atoms with Gasteiger partial charge in [0.15, 0.2) is 0 Å². The molecule has 0 aliphatic rings. The molecule has 0 aromatic heterocycles. The summed E-state index contributed by atoms with van der Waals surface area (Å²) in [6.07, 6.45) is 10.2. The Labute approximate surface area is 809 Å². The van der Waals surface area contributed by atoms with Crippen molar-refractivity contribution in [2.24, 2.45) is 0 Å². The number of benzene rings is 10. The normalized spacial score (nSPS) is 11.0. The third-order valence-corrected chi connectivity index (χ3v) is 20.6. The van der Waals surface area contributed by atoms with E-state index in [-0.39, 0.29) is 58.1 Å². The maximum absolute atomic E-state index is 13.4. The predicted octanol–water partition coefficient (Wildman–Crippen LogP) is 25.3. The van der Waals surface area contributed by atoms with Gasteiger partial charge in [-0.1, -0.05) is 357 Å². The molecule has 0 fully saturated rings. The van der Waals surface area contributed by atoms with Crippen LogP contribution in [-0.2, 0) is 135 Å². The zero-order valence-electron chi connectivity index (χ0n) is 74.9. The zero-order valence-corrected chi connectivity index (χ0v) is 88.2. The van der Waals surface area contributed by atoms with Gasteiger partial charge in [-0.25, -0.2) is 33.7 Å². The molecule has 0 heterocycles. The topological polar surface area (TPSA) is 241 Å². The van der Waals surface area contributed by atoms with Crippen LogP contribution in [-0.4, -0.2) is 98.5 Å². The van der Waals surface area contributed by atoms with E-state index < -0.39 is 52.2 Å². The van der Waals surface area contributed by atoms with Crippen LogP contribution in [0.5, 0.6) is 0 Å². The Morgan fingerprint density at radius 1 is 0.282 bits per heavy atom. The fourth-order valence-corrected chi connectivity index (χ4v) is 14.5. The molecule has 4 atom stereocenters. The van der Waals surface area contributed by atoms with Crippen LogP contribution in [0.4, 0.5) is 0 Å². The Kier molecular flexibility index (Phi) is 88.0. The molecule has 0 amide bonds. The van der Waals surface area contributed by atoms with E-state index in [9.17, 15) is 33.7 Å². The van der Waals surface area contributed by atoms with Crippen molar-refractivity contribution in [3.63, 3.8) is 0 Å². The van der Waals surface area contributed by atoms with Gasteiger partial charge in [-0.15, -0.1) is 13.1 Å². The van der Waals surface area contributed by atoms with E-state index in [1.165, 1.54) is 22.3 Å². The van der Waals surface area contributed by atoms with E-state index in [1.54, 1.807) is 48.5 Å². The third-order valence-electron chi connectivity index (χ3n) is 16.6. The molecular weight excluding hydrogens is 2070 g/mol. The average molecular weight is 2200 g/mol. The van der Waals surface area contributed by atoms with Gasteiger partial charge in [0.2, 0.25) is 0 Å². The summed E-state index contributed by atoms with van der Waals surface area (Å²) in [4.78, 5) is 0.465. The fourth-order valence-electron chi connectivity index (χ4n) is 11.3. The van der Waals surface area contributed by atoms with Crippen LogP contribution in [0.2, 0.25) is 0 Å². The molecule has 10 aromatic rings. The molecule has 28 heteroatoms. The van der Waals surface area contributed by atoms with E-state index in [0.717, 1.165) is 123 Å². The van der Waals surface area contributed by atoms with Crippen molar-refractivity contribution in [2.75, 3.05) is 64.9 Å². The van der Waals surface area contributed by atoms with Gasteiger partial charge in [0.1, 0.15) is 20.0 Å². The molecule has 124 heavy (non-hydrogen) atoms. The Morgan fingerprint density at radius 3 is 0.782 bits per heavy atom. The molecule has 0 aliphatic carbocycles. The van der Waals surface area contributed by atoms with Crippen LogP contribution in [0.1, 0.15) is 161 Å². The molecule has 0 saturated heterocycles. The molecule has 4 N–H and O–H groups in total. The number of nitrogens with zero attached hydrogens (tertiary/aromatic N) is 4. The summed E-state index contributed by atoms with van der Waals surface area (Å²) in [5, 5.41) is 13.6. The van der Waals surface area contributed by atoms with Gasteiger partial charge in [-0.05, 0) is 162 Å². The number of hydrogen-bond donors (Lipinski definition) is 4. The quantitative estimate of drug-likeness (QED) is 0.0160. The van der Waals surface area contributed by atoms with Crippen molar-refractivity contribution in [2.45, 2.75) is 155 Å². The predicted molar refractivity (Wildman–Crippen MR) is 522 cm³/mol. The number of halogens is 4. The molecule has 0 spiro atoms. The molecule has 688 valence electrons. The molecule has 0 saturated carbocycles. The Morgan fingerprint density at radius 2 is 0.516 bits per heavy atom. The maximum atomic E-state index is 13.4. The average Bonchev–Trinajstić information content (AvgIpc) is 0.802. The van der Waals surface area contributed by atoms with Crippen LogP contribution in [0.25, 0.3) is 18.9 Å². The number of sulfonamides is 4. The van der Waals surface area contributed by atoms with Crippen LogP contribution < -0.4 is 21.3 Å². The van der Waals surface area contributed by atoms with Gasteiger partial charge < -0.3 is 69.9 Å². The number of hydrogen-bond acceptors (Lipinski definition) is 12. The van der Waals surface area contributed by atoms with Gasteiger partial charge in [-0.2, -0.15) is 0 Å². The summed E-state index contributed by atoms with van der Waals surface area (Å²) in [5.41, 5.74) is 11.0. The third kappa shape index (κ3) is 61.0. The van der Waals surface area contributed by atoms with Crippen molar-refractivity contribution < 1.29 is 103 Å². The fraction of sp³-hybridized carbons (Fsp3) is 0.333. The van der Waals surface area contributed by atoms with E-state index in [2.05, 4.69) is 140 Å². The SMILES string of the molecule is CC.CC.CC.CC.CS(=O)(=O)[N-]C(c1ccccc1)C(NCCCc1ccccc1)c1ccccc1.CS(=O)(=O)[N-]CCNCCCc1ccccc1.Cc1ccc(S(=O)(=O)[N-]C(c2ccccc2)C(NCCCc2ccccc2)c2ccccc2)cc1.Cc1ccc(S(=O)(=O)[N-]CCNCCCc2ccccc2)cc1.[CH3-].[CH3-].[CH3-].[CH3-].[Cl][Ru+3].[Cl][Ru+3].[Cl][Ru+3].[Cl][Ru+3]. The summed E-state index contributed by atoms with van der Waals surface area (Å²) >= 11 is 7.29. The monoisotopic (exact) mass is 2200 g/mol. The summed E-state index contributed by atoms with van der Waals surface area (Å²) in [7, 11) is 4.19. The van der Waals surface area contributed by atoms with Crippen LogP contribution >= 0.6 is 38.8 Å². The van der Waals surface area contributed by atoms with Gasteiger partial charge in [0.05, 0.1) is 20.0 Å². The van der Waals surface area contributed by atoms with Crippen molar-refractivity contribution in [3.05, 3.63) is 395 Å². The number of aryl methyl sites for hydroxylation is 6. The summed E-state index contributed by atoms with van der Waals surface area (Å²) in [5.74, 6) is 0. The first-order valence-electron chi connectivity index (χ1n) is 39.8. The molecule has 0 aliphatic heterocycles. The molecule has 0 radical (unpaired) electrons. The summed E-state index contributed by atoms with van der Waals surface area (Å²) in [6, 6.07) is 92.5. The second kappa shape index (κ2) is 83.9. The van der Waals surface area contributed by atoms with Crippen LogP contribution in [0.3, 0.4) is 0 Å². The first-order valence-corrected chi connectivity index (χ1v) is 55.4. The molecule has 0 bridgehead atoms. The Bertz CT molecular complexity index is 4490. The van der Waals surface area contributed by atoms with Gasteiger partial charge in [-0.3, -0.25) is 0 Å². The van der Waals surface area contributed by atoms with E-state index in [1.807, 2.05) is 320 Å². The van der Waals surface area contributed by atoms with Crippen molar-refractivity contribution in [1.82, 2.24) is 21.3 Å². The molecule has 16 nitrogen and oxygen atoms in total. The number of nitrogens with one attached hydrogen (secondary N) is 4. The molecule has 4 unspecified atom stereocenters. The molecular formula is C96H136Cl4N8O8Ru4S4+4. The minimum atomic E-state index is -3.87. The van der Waals surface area contributed by atoms with Crippen LogP contribution in [0, 0.1) is 43.6 Å². The second-order valence-electron chi connectivity index (χ2n) is 25.2. The first kappa shape index (κ1) is 130. The van der Waals surface area contributed by atoms with Gasteiger partial charge in [0, 0.05) is 34.4 Å². The summed E-state index contributed by atoms with van der Waals surface area (Å²) in [6.45, 7) is 24.9. The van der Waals surface area contributed by atoms with Crippen LogP contribution in [0.15, 0.2) is 301 Å². The molecule has 10 rings (SSSR count). The van der Waals surface area contributed by atoms with Crippen molar-refractivity contribution in [3.8, 4) is 0 Å². The van der Waals surface area contributed by atoms with E-state index >= 15 is 0 Å². The zero-order chi connectivity index (χ0) is 90.1.